The van der Waals surface area contributed by atoms with Gasteiger partial charge in [-0.1, -0.05) is 12.1 Å². The zero-order valence-electron chi connectivity index (χ0n) is 16.9. The zero-order chi connectivity index (χ0) is 21.8. The van der Waals surface area contributed by atoms with Crippen molar-refractivity contribution >= 4 is 23.8 Å². The maximum absolute atomic E-state index is 12.5. The number of hydrogen-bond acceptors (Lipinski definition) is 7. The number of ether oxygens (including phenoxy) is 3. The first-order valence-corrected chi connectivity index (χ1v) is 9.34. The maximum Gasteiger partial charge on any atom is 0.355 e. The fraction of sp³-hybridized carbons (Fsp3) is 0.333. The summed E-state index contributed by atoms with van der Waals surface area (Å²) in [5.41, 5.74) is 1.93. The lowest BCUT2D eigenvalue weighted by atomic mass is 10.1. The molecule has 1 N–H and O–H groups in total. The van der Waals surface area contributed by atoms with E-state index in [4.69, 9.17) is 14.2 Å². The minimum Gasteiger partial charge on any atom is -0.460 e. The number of nitrogens with one attached hydrogen (secondary N) is 1. The van der Waals surface area contributed by atoms with Crippen molar-refractivity contribution in [2.24, 2.45) is 0 Å². The monoisotopic (exact) mass is 414 g/mol. The van der Waals surface area contributed by atoms with E-state index in [0.717, 1.165) is 4.90 Å². The molecule has 2 aromatic rings. The fourth-order valence-corrected chi connectivity index (χ4v) is 3.29. The van der Waals surface area contributed by atoms with E-state index in [1.54, 1.807) is 38.1 Å². The molecule has 0 fully saturated rings. The van der Waals surface area contributed by atoms with Gasteiger partial charge in [0.2, 0.25) is 0 Å². The van der Waals surface area contributed by atoms with Gasteiger partial charge in [0, 0.05) is 12.8 Å². The van der Waals surface area contributed by atoms with Crippen molar-refractivity contribution in [3.8, 4) is 0 Å². The lowest BCUT2D eigenvalue weighted by Crippen LogP contribution is -2.33. The van der Waals surface area contributed by atoms with Crippen molar-refractivity contribution in [2.75, 3.05) is 33.5 Å². The summed E-state index contributed by atoms with van der Waals surface area (Å²) >= 11 is 0. The highest BCUT2D eigenvalue weighted by Gasteiger charge is 2.35. The first kappa shape index (κ1) is 21.3. The maximum atomic E-state index is 12.5. The van der Waals surface area contributed by atoms with Crippen molar-refractivity contribution in [3.63, 3.8) is 0 Å². The van der Waals surface area contributed by atoms with Gasteiger partial charge >= 0.3 is 11.9 Å². The first-order chi connectivity index (χ1) is 14.4. The van der Waals surface area contributed by atoms with Gasteiger partial charge in [-0.2, -0.15) is 0 Å². The summed E-state index contributed by atoms with van der Waals surface area (Å²) in [7, 11) is 1.50. The summed E-state index contributed by atoms with van der Waals surface area (Å²) in [6.07, 6.45) is 0. The van der Waals surface area contributed by atoms with Crippen LogP contribution in [-0.2, 0) is 14.2 Å². The molecule has 0 bridgehead atoms. The van der Waals surface area contributed by atoms with Gasteiger partial charge in [-0.25, -0.2) is 9.59 Å². The Balaban J connectivity index is 1.61. The van der Waals surface area contributed by atoms with E-state index in [0.29, 0.717) is 22.4 Å². The van der Waals surface area contributed by atoms with Gasteiger partial charge in [0.1, 0.15) is 18.9 Å². The second-order valence-corrected chi connectivity index (χ2v) is 6.70. The summed E-state index contributed by atoms with van der Waals surface area (Å²) in [4.78, 5) is 53.2. The topological polar surface area (TPSA) is 115 Å². The minimum atomic E-state index is -0.692. The molecule has 1 aliphatic heterocycles. The third-order valence-corrected chi connectivity index (χ3v) is 4.79. The molecular formula is C21H22N2O7. The molecule has 0 aliphatic carbocycles. The van der Waals surface area contributed by atoms with Crippen LogP contribution in [0.2, 0.25) is 0 Å². The van der Waals surface area contributed by atoms with E-state index < -0.39 is 23.8 Å². The minimum absolute atomic E-state index is 0.0667. The number of imide groups is 1. The lowest BCUT2D eigenvalue weighted by Gasteiger charge is -2.13. The van der Waals surface area contributed by atoms with Crippen LogP contribution in [0.4, 0.5) is 0 Å². The highest BCUT2D eigenvalue weighted by molar-refractivity contribution is 6.21. The predicted octanol–water partition coefficient (Wildman–Crippen LogP) is 1.89. The van der Waals surface area contributed by atoms with Crippen LogP contribution in [-0.4, -0.2) is 67.1 Å². The van der Waals surface area contributed by atoms with Crippen LogP contribution in [0.3, 0.4) is 0 Å². The number of aryl methyl sites for hydroxylation is 1. The molecular weight excluding hydrogens is 392 g/mol. The number of benzene rings is 1. The van der Waals surface area contributed by atoms with Gasteiger partial charge in [-0.3, -0.25) is 14.5 Å². The predicted molar refractivity (Wildman–Crippen MR) is 105 cm³/mol. The highest BCUT2D eigenvalue weighted by Crippen LogP contribution is 2.23. The molecule has 0 saturated heterocycles. The quantitative estimate of drug-likeness (QED) is 0.398. The molecule has 158 valence electrons. The Hall–Kier alpha value is -3.46. The summed E-state index contributed by atoms with van der Waals surface area (Å²) in [6, 6.07) is 6.53. The van der Waals surface area contributed by atoms with E-state index in [1.165, 1.54) is 7.11 Å². The number of hydrogen-bond donors (Lipinski definition) is 1. The third-order valence-electron chi connectivity index (χ3n) is 4.79. The molecule has 0 atom stereocenters. The number of H-pyrrole nitrogens is 1. The largest absolute Gasteiger partial charge is 0.460 e. The number of methoxy groups -OCH3 is 1. The Kier molecular flexibility index (Phi) is 6.31. The number of aromatic nitrogens is 1. The van der Waals surface area contributed by atoms with Crippen molar-refractivity contribution < 1.29 is 33.4 Å². The average molecular weight is 414 g/mol. The molecule has 1 aromatic heterocycles. The van der Waals surface area contributed by atoms with Gasteiger partial charge in [0.15, 0.2) is 0 Å². The fourth-order valence-electron chi connectivity index (χ4n) is 3.29. The Morgan fingerprint density at radius 1 is 0.933 bits per heavy atom. The number of carbonyl (C=O) groups is 4. The average Bonchev–Trinajstić information content (AvgIpc) is 3.16. The smallest absolute Gasteiger partial charge is 0.355 e. The molecule has 0 saturated carbocycles. The number of amides is 2. The Bertz CT molecular complexity index is 974. The van der Waals surface area contributed by atoms with E-state index in [9.17, 15) is 19.2 Å². The molecule has 1 aliphatic rings. The highest BCUT2D eigenvalue weighted by atomic mass is 16.6. The number of fused-ring (bicyclic) bond motifs is 1. The number of rotatable bonds is 8. The van der Waals surface area contributed by atoms with E-state index in [1.807, 2.05) is 0 Å². The van der Waals surface area contributed by atoms with Gasteiger partial charge in [-0.15, -0.1) is 0 Å². The second-order valence-electron chi connectivity index (χ2n) is 6.70. The van der Waals surface area contributed by atoms with Gasteiger partial charge in [-0.05, 0) is 31.5 Å². The summed E-state index contributed by atoms with van der Waals surface area (Å²) in [6.45, 7) is 3.38. The van der Waals surface area contributed by atoms with Crippen molar-refractivity contribution in [1.29, 1.82) is 0 Å². The molecule has 30 heavy (non-hydrogen) atoms. The molecule has 1 aromatic carbocycles. The SMILES string of the molecule is COCCOC(=O)c1c(C)[nH]c(C(=O)OCCN2C(=O)c3ccccc3C2=O)c1C. The van der Waals surface area contributed by atoms with Crippen molar-refractivity contribution in [1.82, 2.24) is 9.88 Å². The molecule has 0 radical (unpaired) electrons. The van der Waals surface area contributed by atoms with E-state index in [-0.39, 0.29) is 37.6 Å². The van der Waals surface area contributed by atoms with Crippen LogP contribution in [0.1, 0.15) is 52.8 Å². The van der Waals surface area contributed by atoms with E-state index >= 15 is 0 Å². The summed E-state index contributed by atoms with van der Waals surface area (Å²) in [5.74, 6) is -2.09. The van der Waals surface area contributed by atoms with Crippen molar-refractivity contribution in [2.45, 2.75) is 13.8 Å². The molecule has 0 spiro atoms. The van der Waals surface area contributed by atoms with Gasteiger partial charge < -0.3 is 19.2 Å². The summed E-state index contributed by atoms with van der Waals surface area (Å²) in [5, 5.41) is 0. The Morgan fingerprint density at radius 2 is 1.53 bits per heavy atom. The lowest BCUT2D eigenvalue weighted by molar-refractivity contribution is 0.0386. The number of carbonyl (C=O) groups excluding carboxylic acids is 4. The van der Waals surface area contributed by atoms with Gasteiger partial charge in [0.05, 0.1) is 29.8 Å². The van der Waals surface area contributed by atoms with Crippen LogP contribution in [0.25, 0.3) is 0 Å². The normalized spacial score (nSPS) is 12.8. The molecule has 3 rings (SSSR count). The first-order valence-electron chi connectivity index (χ1n) is 9.34. The van der Waals surface area contributed by atoms with Gasteiger partial charge in [0.25, 0.3) is 11.8 Å². The number of esters is 2. The Labute approximate surface area is 172 Å². The van der Waals surface area contributed by atoms with Crippen molar-refractivity contribution in [3.05, 3.63) is 57.9 Å². The van der Waals surface area contributed by atoms with E-state index in [2.05, 4.69) is 4.98 Å². The molecule has 2 heterocycles. The van der Waals surface area contributed by atoms with Crippen LogP contribution < -0.4 is 0 Å². The van der Waals surface area contributed by atoms with Crippen LogP contribution in [0.5, 0.6) is 0 Å². The molecule has 9 heteroatoms. The number of aromatic amines is 1. The Morgan fingerprint density at radius 3 is 2.13 bits per heavy atom. The molecule has 0 unspecified atom stereocenters. The molecule has 2 amide bonds. The second kappa shape index (κ2) is 8.91. The summed E-state index contributed by atoms with van der Waals surface area (Å²) < 4.78 is 15.2. The third kappa shape index (κ3) is 3.97. The number of nitrogens with zero attached hydrogens (tertiary/aromatic N) is 1. The van der Waals surface area contributed by atoms with Crippen LogP contribution in [0, 0.1) is 13.8 Å². The van der Waals surface area contributed by atoms with Crippen LogP contribution >= 0.6 is 0 Å². The molecule has 9 nitrogen and oxygen atoms in total. The van der Waals surface area contributed by atoms with Crippen LogP contribution in [0.15, 0.2) is 24.3 Å². The zero-order valence-corrected chi connectivity index (χ0v) is 16.9. The standard InChI is InChI=1S/C21H22N2O7/c1-12-16(20(26)30-11-10-28-3)13(2)22-17(12)21(27)29-9-8-23-18(24)14-6-4-5-7-15(14)19(23)25/h4-7,22H,8-11H2,1-3H3.